The van der Waals surface area contributed by atoms with Crippen molar-refractivity contribution in [3.8, 4) is 0 Å². The lowest BCUT2D eigenvalue weighted by Crippen LogP contribution is -2.44. The fourth-order valence-corrected chi connectivity index (χ4v) is 1.50. The largest absolute Gasteiger partial charge is 0.481 e. The van der Waals surface area contributed by atoms with Crippen molar-refractivity contribution < 1.29 is 14.7 Å². The molecule has 0 aromatic carbocycles. The van der Waals surface area contributed by atoms with E-state index in [-0.39, 0.29) is 12.6 Å². The molecule has 0 radical (unpaired) electrons. The summed E-state index contributed by atoms with van der Waals surface area (Å²) in [6.07, 6.45) is 2.53. The Kier molecular flexibility index (Phi) is 7.02. The summed E-state index contributed by atoms with van der Waals surface area (Å²) in [4.78, 5) is 25.8. The normalized spacial score (nSPS) is 11.7. The molecule has 2 amide bonds. The van der Waals surface area contributed by atoms with E-state index < -0.39 is 11.9 Å². The standard InChI is InChI=1S/C12H22N2O3/c1-5-7-14(8-6-2)12(17)13(4)9-10(3)11(15)16/h5,10H,1,6-9H2,2-4H3,(H,15,16). The van der Waals surface area contributed by atoms with Crippen molar-refractivity contribution in [2.24, 2.45) is 5.92 Å². The molecule has 17 heavy (non-hydrogen) atoms. The third-order valence-corrected chi connectivity index (χ3v) is 2.41. The molecule has 0 heterocycles. The molecule has 1 atom stereocenters. The van der Waals surface area contributed by atoms with E-state index in [1.165, 1.54) is 4.90 Å². The van der Waals surface area contributed by atoms with Gasteiger partial charge in [0.15, 0.2) is 0 Å². The van der Waals surface area contributed by atoms with Crippen LogP contribution >= 0.6 is 0 Å². The minimum absolute atomic E-state index is 0.153. The number of nitrogens with zero attached hydrogens (tertiary/aromatic N) is 2. The van der Waals surface area contributed by atoms with Crippen molar-refractivity contribution in [2.75, 3.05) is 26.7 Å². The van der Waals surface area contributed by atoms with Crippen molar-refractivity contribution in [3.63, 3.8) is 0 Å². The van der Waals surface area contributed by atoms with Gasteiger partial charge in [-0.15, -0.1) is 6.58 Å². The second-order valence-corrected chi connectivity index (χ2v) is 4.14. The summed E-state index contributed by atoms with van der Waals surface area (Å²) in [7, 11) is 1.62. The fraction of sp³-hybridized carbons (Fsp3) is 0.667. The first-order chi connectivity index (χ1) is 7.93. The molecule has 5 nitrogen and oxygen atoms in total. The van der Waals surface area contributed by atoms with E-state index in [4.69, 9.17) is 5.11 Å². The van der Waals surface area contributed by atoms with Crippen LogP contribution in [0, 0.1) is 5.92 Å². The van der Waals surface area contributed by atoms with Gasteiger partial charge in [-0.2, -0.15) is 0 Å². The zero-order valence-electron chi connectivity index (χ0n) is 10.8. The van der Waals surface area contributed by atoms with Gasteiger partial charge in [0.1, 0.15) is 0 Å². The van der Waals surface area contributed by atoms with Crippen LogP contribution in [0.15, 0.2) is 12.7 Å². The molecule has 0 aliphatic heterocycles. The second-order valence-electron chi connectivity index (χ2n) is 4.14. The summed E-state index contributed by atoms with van der Waals surface area (Å²) in [5, 5.41) is 8.79. The van der Waals surface area contributed by atoms with Gasteiger partial charge < -0.3 is 14.9 Å². The Morgan fingerprint density at radius 1 is 1.47 bits per heavy atom. The molecule has 0 aliphatic rings. The van der Waals surface area contributed by atoms with Gasteiger partial charge in [0, 0.05) is 26.7 Å². The maximum absolute atomic E-state index is 12.0. The molecule has 98 valence electrons. The second kappa shape index (κ2) is 7.70. The summed E-state index contributed by atoms with van der Waals surface area (Å²) in [5.74, 6) is -1.45. The minimum atomic E-state index is -0.893. The molecule has 5 heteroatoms. The molecule has 0 aromatic heterocycles. The number of amides is 2. The third-order valence-electron chi connectivity index (χ3n) is 2.41. The van der Waals surface area contributed by atoms with E-state index in [0.717, 1.165) is 6.42 Å². The van der Waals surface area contributed by atoms with Crippen LogP contribution in [0.25, 0.3) is 0 Å². The first-order valence-corrected chi connectivity index (χ1v) is 5.77. The van der Waals surface area contributed by atoms with Gasteiger partial charge in [-0.1, -0.05) is 19.9 Å². The van der Waals surface area contributed by atoms with Crippen LogP contribution in [-0.2, 0) is 4.79 Å². The van der Waals surface area contributed by atoms with E-state index >= 15 is 0 Å². The number of urea groups is 1. The van der Waals surface area contributed by atoms with Gasteiger partial charge >= 0.3 is 12.0 Å². The summed E-state index contributed by atoms with van der Waals surface area (Å²) in [6.45, 7) is 8.53. The quantitative estimate of drug-likeness (QED) is 0.691. The monoisotopic (exact) mass is 242 g/mol. The predicted octanol–water partition coefficient (Wildman–Crippen LogP) is 1.66. The SMILES string of the molecule is C=CCN(CCC)C(=O)N(C)CC(C)C(=O)O. The lowest BCUT2D eigenvalue weighted by Gasteiger charge is -2.28. The Bertz CT molecular complexity index is 279. The van der Waals surface area contributed by atoms with Crippen LogP contribution in [0.1, 0.15) is 20.3 Å². The maximum atomic E-state index is 12.0. The first kappa shape index (κ1) is 15.5. The van der Waals surface area contributed by atoms with E-state index in [2.05, 4.69) is 6.58 Å². The Balaban J connectivity index is 4.43. The number of carboxylic acids is 1. The van der Waals surface area contributed by atoms with Crippen LogP contribution in [0.2, 0.25) is 0 Å². The summed E-state index contributed by atoms with van der Waals surface area (Å²) in [5.41, 5.74) is 0. The molecule has 0 aliphatic carbocycles. The Morgan fingerprint density at radius 3 is 2.47 bits per heavy atom. The number of carboxylic acid groups (broad SMARTS) is 1. The van der Waals surface area contributed by atoms with Crippen LogP contribution in [0.5, 0.6) is 0 Å². The fourth-order valence-electron chi connectivity index (χ4n) is 1.50. The molecular weight excluding hydrogens is 220 g/mol. The van der Waals surface area contributed by atoms with Crippen LogP contribution < -0.4 is 0 Å². The average molecular weight is 242 g/mol. The Morgan fingerprint density at radius 2 is 2.06 bits per heavy atom. The molecule has 0 spiro atoms. The zero-order chi connectivity index (χ0) is 13.4. The number of rotatable bonds is 7. The molecule has 0 bridgehead atoms. The molecule has 0 fully saturated rings. The number of aliphatic carboxylic acids is 1. The average Bonchev–Trinajstić information content (AvgIpc) is 2.27. The Labute approximate surface area is 103 Å². The van der Waals surface area contributed by atoms with E-state index in [1.54, 1.807) is 24.9 Å². The summed E-state index contributed by atoms with van der Waals surface area (Å²) < 4.78 is 0. The van der Waals surface area contributed by atoms with Crippen molar-refractivity contribution in [1.82, 2.24) is 9.80 Å². The predicted molar refractivity (Wildman–Crippen MR) is 66.9 cm³/mol. The minimum Gasteiger partial charge on any atom is -0.481 e. The van der Waals surface area contributed by atoms with E-state index in [0.29, 0.717) is 13.1 Å². The molecule has 0 saturated carbocycles. The lowest BCUT2D eigenvalue weighted by molar-refractivity contribution is -0.141. The van der Waals surface area contributed by atoms with Crippen molar-refractivity contribution in [2.45, 2.75) is 20.3 Å². The molecule has 1 unspecified atom stereocenters. The van der Waals surface area contributed by atoms with Gasteiger partial charge in [0.2, 0.25) is 0 Å². The van der Waals surface area contributed by atoms with Gasteiger partial charge in [-0.25, -0.2) is 4.79 Å². The van der Waals surface area contributed by atoms with E-state index in [1.807, 2.05) is 6.92 Å². The topological polar surface area (TPSA) is 60.9 Å². The molecule has 0 saturated heterocycles. The van der Waals surface area contributed by atoms with Crippen molar-refractivity contribution in [1.29, 1.82) is 0 Å². The van der Waals surface area contributed by atoms with Gasteiger partial charge in [0.05, 0.1) is 5.92 Å². The summed E-state index contributed by atoms with van der Waals surface area (Å²) >= 11 is 0. The first-order valence-electron chi connectivity index (χ1n) is 5.77. The number of hydrogen-bond acceptors (Lipinski definition) is 2. The number of carbonyl (C=O) groups excluding carboxylic acids is 1. The van der Waals surface area contributed by atoms with Gasteiger partial charge in [-0.05, 0) is 6.42 Å². The summed E-state index contributed by atoms with van der Waals surface area (Å²) in [6, 6.07) is -0.153. The van der Waals surface area contributed by atoms with Crippen molar-refractivity contribution in [3.05, 3.63) is 12.7 Å². The van der Waals surface area contributed by atoms with Crippen LogP contribution in [0.3, 0.4) is 0 Å². The van der Waals surface area contributed by atoms with Crippen molar-refractivity contribution >= 4 is 12.0 Å². The smallest absolute Gasteiger partial charge is 0.320 e. The highest BCUT2D eigenvalue weighted by atomic mass is 16.4. The number of hydrogen-bond donors (Lipinski definition) is 1. The van der Waals surface area contributed by atoms with Gasteiger partial charge in [0.25, 0.3) is 0 Å². The maximum Gasteiger partial charge on any atom is 0.320 e. The zero-order valence-corrected chi connectivity index (χ0v) is 10.8. The van der Waals surface area contributed by atoms with Crippen LogP contribution in [0.4, 0.5) is 4.79 Å². The Hall–Kier alpha value is -1.52. The highest BCUT2D eigenvalue weighted by Gasteiger charge is 2.20. The highest BCUT2D eigenvalue weighted by Crippen LogP contribution is 2.03. The van der Waals surface area contributed by atoms with Gasteiger partial charge in [-0.3, -0.25) is 4.79 Å². The van der Waals surface area contributed by atoms with E-state index in [9.17, 15) is 9.59 Å². The highest BCUT2D eigenvalue weighted by molar-refractivity contribution is 5.76. The van der Waals surface area contributed by atoms with Crippen LogP contribution in [-0.4, -0.2) is 53.6 Å². The lowest BCUT2D eigenvalue weighted by atomic mass is 10.2. The number of carbonyl (C=O) groups is 2. The molecule has 1 N–H and O–H groups in total. The third kappa shape index (κ3) is 5.38. The molecule has 0 rings (SSSR count). The molecule has 0 aromatic rings. The molecular formula is C12H22N2O3.